The predicted octanol–water partition coefficient (Wildman–Crippen LogP) is 0.230. The van der Waals surface area contributed by atoms with Crippen molar-refractivity contribution in [2.75, 3.05) is 13.6 Å². The molecule has 6 atom stereocenters. The largest absolute Gasteiger partial charge is 0.481 e. The van der Waals surface area contributed by atoms with Gasteiger partial charge in [0, 0.05) is 26.1 Å². The second kappa shape index (κ2) is 21.0. The highest BCUT2D eigenvalue weighted by Gasteiger charge is 2.32. The van der Waals surface area contributed by atoms with Crippen molar-refractivity contribution in [2.45, 2.75) is 110 Å². The Hall–Kier alpha value is -4.04. The number of aliphatic hydroxyl groups excluding tert-OH is 1. The molecule has 1 aromatic carbocycles. The fraction of sp³-hybridized carbons (Fsp3) is 0.636. The molecule has 6 unspecified atom stereocenters. The van der Waals surface area contributed by atoms with E-state index in [0.717, 1.165) is 5.56 Å². The molecule has 1 aromatic rings. The van der Waals surface area contributed by atoms with Crippen molar-refractivity contribution in [3.63, 3.8) is 0 Å². The van der Waals surface area contributed by atoms with Crippen molar-refractivity contribution in [2.24, 2.45) is 11.8 Å². The van der Waals surface area contributed by atoms with Gasteiger partial charge in [-0.25, -0.2) is 0 Å². The second-order valence-electron chi connectivity index (χ2n) is 12.8. The van der Waals surface area contributed by atoms with E-state index in [2.05, 4.69) is 31.9 Å². The van der Waals surface area contributed by atoms with Crippen LogP contribution in [0, 0.1) is 11.8 Å². The summed E-state index contributed by atoms with van der Waals surface area (Å²) >= 11 is 0. The molecule has 8 N–H and O–H groups in total. The zero-order valence-corrected chi connectivity index (χ0v) is 28.6. The summed E-state index contributed by atoms with van der Waals surface area (Å²) in [6.07, 6.45) is -0.613. The molecule has 0 saturated heterocycles. The molecule has 0 saturated carbocycles. The standard InChI is InChI=1S/C33H54N6O8/c1-19(2)13-24(36-28(41)15-21(5)40)18-35-22(6)30(44)37-25(14-20(3)4)32(46)39-27(17-29(42)43)33(47)38-26(31(45)34-7)16-23-11-9-8-10-12-23/h8-12,19-22,24-27,35,40H,13-18H2,1-7H3,(H,34,45)(H,36,41)(H,37,44)(H,38,47)(H,39,46)(H,42,43). The summed E-state index contributed by atoms with van der Waals surface area (Å²) in [6.45, 7) is 11.1. The quantitative estimate of drug-likeness (QED) is 0.0903. The van der Waals surface area contributed by atoms with Crippen LogP contribution in [0.1, 0.15) is 72.8 Å². The maximum atomic E-state index is 13.4. The number of hydrogen-bond acceptors (Lipinski definition) is 8. The fourth-order valence-electron chi connectivity index (χ4n) is 4.89. The summed E-state index contributed by atoms with van der Waals surface area (Å²) in [7, 11) is 1.41. The van der Waals surface area contributed by atoms with Crippen molar-refractivity contribution < 1.29 is 39.0 Å². The van der Waals surface area contributed by atoms with Crippen LogP contribution in [0.25, 0.3) is 0 Å². The number of carbonyl (C=O) groups is 6. The van der Waals surface area contributed by atoms with E-state index in [0.29, 0.717) is 6.42 Å². The third-order valence-corrected chi connectivity index (χ3v) is 7.18. The summed E-state index contributed by atoms with van der Waals surface area (Å²) in [6, 6.07) is 4.23. The molecule has 0 aliphatic heterocycles. The fourth-order valence-corrected chi connectivity index (χ4v) is 4.89. The number of hydrogen-bond donors (Lipinski definition) is 8. The van der Waals surface area contributed by atoms with Crippen LogP contribution in [0.5, 0.6) is 0 Å². The summed E-state index contributed by atoms with van der Waals surface area (Å²) in [5, 5.41) is 35.2. The monoisotopic (exact) mass is 662 g/mol. The van der Waals surface area contributed by atoms with Gasteiger partial charge in [-0.2, -0.15) is 0 Å². The first-order valence-electron chi connectivity index (χ1n) is 16.1. The number of amides is 5. The minimum Gasteiger partial charge on any atom is -0.481 e. The highest BCUT2D eigenvalue weighted by Crippen LogP contribution is 2.09. The first-order valence-corrected chi connectivity index (χ1v) is 16.1. The van der Waals surface area contributed by atoms with Crippen LogP contribution >= 0.6 is 0 Å². The molecule has 47 heavy (non-hydrogen) atoms. The lowest BCUT2D eigenvalue weighted by Gasteiger charge is -2.27. The van der Waals surface area contributed by atoms with Gasteiger partial charge in [-0.1, -0.05) is 58.0 Å². The molecule has 0 aliphatic rings. The Balaban J connectivity index is 3.01. The lowest BCUT2D eigenvalue weighted by atomic mass is 10.0. The Labute approximate surface area is 277 Å². The SMILES string of the molecule is CNC(=O)C(Cc1ccccc1)NC(=O)C(CC(=O)O)NC(=O)C(CC(C)C)NC(=O)C(C)NCC(CC(C)C)NC(=O)CC(C)O. The van der Waals surface area contributed by atoms with Gasteiger partial charge in [0.25, 0.3) is 0 Å². The van der Waals surface area contributed by atoms with Gasteiger partial charge < -0.3 is 42.1 Å². The van der Waals surface area contributed by atoms with Gasteiger partial charge in [-0.15, -0.1) is 0 Å². The smallest absolute Gasteiger partial charge is 0.305 e. The minimum atomic E-state index is -1.52. The number of carboxylic acid groups (broad SMARTS) is 1. The molecular formula is C33H54N6O8. The normalized spacial score (nSPS) is 15.0. The van der Waals surface area contributed by atoms with Crippen LogP contribution in [-0.4, -0.2) is 95.6 Å². The number of aliphatic hydroxyl groups is 1. The van der Waals surface area contributed by atoms with Crippen molar-refractivity contribution >= 4 is 35.5 Å². The lowest BCUT2D eigenvalue weighted by molar-refractivity contribution is -0.141. The number of rotatable bonds is 21. The van der Waals surface area contributed by atoms with Crippen molar-refractivity contribution in [1.82, 2.24) is 31.9 Å². The molecule has 0 bridgehead atoms. The molecule has 0 aliphatic carbocycles. The summed E-state index contributed by atoms with van der Waals surface area (Å²) in [5.74, 6) is -4.06. The zero-order valence-electron chi connectivity index (χ0n) is 28.6. The summed E-state index contributed by atoms with van der Waals surface area (Å²) in [5.41, 5.74) is 0.764. The molecule has 0 fully saturated rings. The minimum absolute atomic E-state index is 0.0446. The Morgan fingerprint density at radius 3 is 1.77 bits per heavy atom. The van der Waals surface area contributed by atoms with Gasteiger partial charge in [0.2, 0.25) is 29.5 Å². The molecule has 264 valence electrons. The third kappa shape index (κ3) is 16.9. The molecule has 14 nitrogen and oxygen atoms in total. The summed E-state index contributed by atoms with van der Waals surface area (Å²) < 4.78 is 0. The highest BCUT2D eigenvalue weighted by atomic mass is 16.4. The van der Waals surface area contributed by atoms with Crippen LogP contribution in [0.15, 0.2) is 30.3 Å². The van der Waals surface area contributed by atoms with Crippen LogP contribution in [-0.2, 0) is 35.2 Å². The van der Waals surface area contributed by atoms with E-state index in [4.69, 9.17) is 0 Å². The molecule has 1 rings (SSSR count). The molecule has 0 heterocycles. The average molecular weight is 663 g/mol. The van der Waals surface area contributed by atoms with Crippen LogP contribution in [0.2, 0.25) is 0 Å². The Bertz CT molecular complexity index is 1180. The molecule has 14 heteroatoms. The number of carbonyl (C=O) groups excluding carboxylic acids is 5. The maximum absolute atomic E-state index is 13.4. The Kier molecular flexibility index (Phi) is 18.3. The van der Waals surface area contributed by atoms with E-state index in [1.165, 1.54) is 14.0 Å². The van der Waals surface area contributed by atoms with E-state index < -0.39 is 66.3 Å². The van der Waals surface area contributed by atoms with E-state index in [1.807, 2.05) is 33.8 Å². The lowest BCUT2D eigenvalue weighted by Crippen LogP contribution is -2.58. The Morgan fingerprint density at radius 2 is 1.23 bits per heavy atom. The first kappa shape index (κ1) is 41.0. The van der Waals surface area contributed by atoms with Gasteiger partial charge in [-0.05, 0) is 44.1 Å². The topological polar surface area (TPSA) is 215 Å². The van der Waals surface area contributed by atoms with Gasteiger partial charge in [0.1, 0.15) is 18.1 Å². The van der Waals surface area contributed by atoms with Gasteiger partial charge in [0.15, 0.2) is 0 Å². The van der Waals surface area contributed by atoms with Gasteiger partial charge in [0.05, 0.1) is 25.0 Å². The molecule has 0 spiro atoms. The second-order valence-corrected chi connectivity index (χ2v) is 12.8. The molecule has 5 amide bonds. The number of benzene rings is 1. The van der Waals surface area contributed by atoms with Crippen molar-refractivity contribution in [3.05, 3.63) is 35.9 Å². The van der Waals surface area contributed by atoms with E-state index in [1.54, 1.807) is 31.2 Å². The van der Waals surface area contributed by atoms with E-state index >= 15 is 0 Å². The van der Waals surface area contributed by atoms with Crippen molar-refractivity contribution in [3.8, 4) is 0 Å². The zero-order chi connectivity index (χ0) is 35.7. The number of likely N-dealkylation sites (N-methyl/N-ethyl adjacent to an activating group) is 1. The summed E-state index contributed by atoms with van der Waals surface area (Å²) in [4.78, 5) is 76.3. The first-order chi connectivity index (χ1) is 22.0. The van der Waals surface area contributed by atoms with Crippen LogP contribution < -0.4 is 31.9 Å². The van der Waals surface area contributed by atoms with Gasteiger partial charge >= 0.3 is 5.97 Å². The van der Waals surface area contributed by atoms with E-state index in [-0.39, 0.29) is 49.6 Å². The van der Waals surface area contributed by atoms with Crippen LogP contribution in [0.4, 0.5) is 0 Å². The Morgan fingerprint density at radius 1 is 0.681 bits per heavy atom. The number of aliphatic carboxylic acids is 1. The van der Waals surface area contributed by atoms with E-state index in [9.17, 15) is 39.0 Å². The highest BCUT2D eigenvalue weighted by molar-refractivity contribution is 5.96. The average Bonchev–Trinajstić information content (AvgIpc) is 2.97. The number of nitrogens with one attached hydrogen (secondary N) is 6. The third-order valence-electron chi connectivity index (χ3n) is 7.18. The van der Waals surface area contributed by atoms with Crippen LogP contribution in [0.3, 0.4) is 0 Å². The van der Waals surface area contributed by atoms with Crippen molar-refractivity contribution in [1.29, 1.82) is 0 Å². The molecule has 0 aromatic heterocycles. The van der Waals surface area contributed by atoms with Gasteiger partial charge in [-0.3, -0.25) is 28.8 Å². The molecular weight excluding hydrogens is 608 g/mol. The number of carboxylic acids is 1. The predicted molar refractivity (Wildman–Crippen MR) is 177 cm³/mol. The maximum Gasteiger partial charge on any atom is 0.305 e. The molecule has 0 radical (unpaired) electrons.